The number of nitrogens with zero attached hydrogens (tertiary/aromatic N) is 1. The van der Waals surface area contributed by atoms with Gasteiger partial charge in [0.1, 0.15) is 6.04 Å². The lowest BCUT2D eigenvalue weighted by atomic mass is 10.1. The Morgan fingerprint density at radius 2 is 1.76 bits per heavy atom. The van der Waals surface area contributed by atoms with Gasteiger partial charge in [0.05, 0.1) is 12.1 Å². The Labute approximate surface area is 197 Å². The van der Waals surface area contributed by atoms with E-state index in [0.29, 0.717) is 15.8 Å². The Hall–Kier alpha value is -3.76. The van der Waals surface area contributed by atoms with Crippen molar-refractivity contribution < 1.29 is 23.9 Å². The minimum absolute atomic E-state index is 0.220. The van der Waals surface area contributed by atoms with Crippen molar-refractivity contribution in [3.63, 3.8) is 0 Å². The fourth-order valence-electron chi connectivity index (χ4n) is 2.70. The fraction of sp³-hybridized carbons (Fsp3) is 0.136. The lowest BCUT2D eigenvalue weighted by molar-refractivity contribution is -0.150. The van der Waals surface area contributed by atoms with Crippen LogP contribution in [0.2, 0.25) is 5.02 Å². The van der Waals surface area contributed by atoms with Gasteiger partial charge in [-0.1, -0.05) is 41.9 Å². The highest BCUT2D eigenvalue weighted by Crippen LogP contribution is 2.24. The number of amides is 3. The molecular weight excluding hydrogens is 468 g/mol. The van der Waals surface area contributed by atoms with E-state index in [1.54, 1.807) is 5.38 Å². The molecule has 1 aromatic heterocycles. The van der Waals surface area contributed by atoms with Gasteiger partial charge < -0.3 is 15.8 Å². The van der Waals surface area contributed by atoms with Crippen LogP contribution in [0.1, 0.15) is 16.8 Å². The van der Waals surface area contributed by atoms with Gasteiger partial charge in [-0.3, -0.25) is 19.7 Å². The number of rotatable bonds is 9. The summed E-state index contributed by atoms with van der Waals surface area (Å²) in [6.07, 6.45) is -0.493. The highest BCUT2D eigenvalue weighted by Gasteiger charge is 2.26. The molecule has 0 saturated carbocycles. The second-order valence-corrected chi connectivity index (χ2v) is 8.06. The average molecular weight is 487 g/mol. The third-order valence-corrected chi connectivity index (χ3v) is 5.28. The summed E-state index contributed by atoms with van der Waals surface area (Å²) in [5.74, 6) is -3.06. The van der Waals surface area contributed by atoms with E-state index in [1.165, 1.54) is 35.6 Å². The number of halogens is 1. The van der Waals surface area contributed by atoms with Crippen molar-refractivity contribution in [2.75, 3.05) is 11.9 Å². The van der Waals surface area contributed by atoms with Crippen LogP contribution < -0.4 is 16.4 Å². The van der Waals surface area contributed by atoms with Crippen molar-refractivity contribution in [1.82, 2.24) is 10.3 Å². The van der Waals surface area contributed by atoms with Gasteiger partial charge in [-0.05, 0) is 24.3 Å². The predicted molar refractivity (Wildman–Crippen MR) is 124 cm³/mol. The molecule has 3 rings (SSSR count). The largest absolute Gasteiger partial charge is 0.454 e. The zero-order valence-electron chi connectivity index (χ0n) is 17.1. The molecule has 0 aliphatic carbocycles. The number of thiazole rings is 1. The number of nitrogens with two attached hydrogens (primary N) is 1. The van der Waals surface area contributed by atoms with Crippen LogP contribution in [-0.4, -0.2) is 41.3 Å². The molecule has 0 fully saturated rings. The Morgan fingerprint density at radius 3 is 2.42 bits per heavy atom. The second kappa shape index (κ2) is 11.2. The lowest BCUT2D eigenvalue weighted by Crippen LogP contribution is -2.44. The number of nitrogens with one attached hydrogen (secondary N) is 2. The Balaban J connectivity index is 1.55. The standard InChI is InChI=1S/C22H19ClN4O5S/c23-15-8-6-14(7-9-15)20(30)25-16(10-18(24)28)21(31)32-11-19(29)27-22-26-17(12-33-22)13-4-2-1-3-5-13/h1-9,12,16H,10-11H2,(H2,24,28)(H,25,30)(H,26,27,29). The molecular formula is C22H19ClN4O5S. The predicted octanol–water partition coefficient (Wildman–Crippen LogP) is 2.62. The Bertz CT molecular complexity index is 1150. The van der Waals surface area contributed by atoms with E-state index in [0.717, 1.165) is 5.56 Å². The zero-order chi connectivity index (χ0) is 23.8. The van der Waals surface area contributed by atoms with Crippen LogP contribution in [0.5, 0.6) is 0 Å². The highest BCUT2D eigenvalue weighted by atomic mass is 35.5. The smallest absolute Gasteiger partial charge is 0.329 e. The number of esters is 1. The molecule has 33 heavy (non-hydrogen) atoms. The molecule has 0 spiro atoms. The summed E-state index contributed by atoms with van der Waals surface area (Å²) < 4.78 is 4.97. The van der Waals surface area contributed by atoms with Crippen LogP contribution in [0.3, 0.4) is 0 Å². The number of ether oxygens (including phenoxy) is 1. The molecule has 3 amide bonds. The maximum Gasteiger partial charge on any atom is 0.329 e. The minimum Gasteiger partial charge on any atom is -0.454 e. The number of aromatic nitrogens is 1. The summed E-state index contributed by atoms with van der Waals surface area (Å²) in [6, 6.07) is 14.0. The van der Waals surface area contributed by atoms with Crippen LogP contribution in [0, 0.1) is 0 Å². The monoisotopic (exact) mass is 486 g/mol. The number of benzene rings is 2. The molecule has 1 unspecified atom stereocenters. The van der Waals surface area contributed by atoms with Crippen molar-refractivity contribution in [1.29, 1.82) is 0 Å². The molecule has 4 N–H and O–H groups in total. The summed E-state index contributed by atoms with van der Waals surface area (Å²) in [7, 11) is 0. The van der Waals surface area contributed by atoms with E-state index in [-0.39, 0.29) is 5.56 Å². The summed E-state index contributed by atoms with van der Waals surface area (Å²) >= 11 is 7.01. The van der Waals surface area contributed by atoms with Gasteiger partial charge in [0.2, 0.25) is 5.91 Å². The van der Waals surface area contributed by atoms with Gasteiger partial charge in [-0.15, -0.1) is 11.3 Å². The third-order valence-electron chi connectivity index (χ3n) is 4.27. The minimum atomic E-state index is -1.36. The molecule has 0 aliphatic rings. The number of carbonyl (C=O) groups is 4. The molecule has 9 nitrogen and oxygen atoms in total. The normalized spacial score (nSPS) is 11.3. The van der Waals surface area contributed by atoms with E-state index in [1.807, 2.05) is 30.3 Å². The quantitative estimate of drug-likeness (QED) is 0.397. The van der Waals surface area contributed by atoms with Crippen molar-refractivity contribution in [2.45, 2.75) is 12.5 Å². The summed E-state index contributed by atoms with van der Waals surface area (Å²) in [4.78, 5) is 52.6. The number of hydrogen-bond acceptors (Lipinski definition) is 7. The molecule has 0 radical (unpaired) electrons. The van der Waals surface area contributed by atoms with Gasteiger partial charge in [0, 0.05) is 21.5 Å². The molecule has 170 valence electrons. The average Bonchev–Trinajstić information content (AvgIpc) is 3.26. The maximum atomic E-state index is 12.4. The van der Waals surface area contributed by atoms with E-state index >= 15 is 0 Å². The second-order valence-electron chi connectivity index (χ2n) is 6.76. The molecule has 0 bridgehead atoms. The number of primary amides is 1. The molecule has 3 aromatic rings. The summed E-state index contributed by atoms with van der Waals surface area (Å²) in [5.41, 5.74) is 6.98. The lowest BCUT2D eigenvalue weighted by Gasteiger charge is -2.16. The van der Waals surface area contributed by atoms with E-state index < -0.39 is 42.8 Å². The third kappa shape index (κ3) is 7.13. The Morgan fingerprint density at radius 1 is 1.06 bits per heavy atom. The van der Waals surface area contributed by atoms with Crippen molar-refractivity contribution in [3.05, 3.63) is 70.6 Å². The summed E-state index contributed by atoms with van der Waals surface area (Å²) in [5, 5.41) is 7.47. The summed E-state index contributed by atoms with van der Waals surface area (Å²) in [6.45, 7) is -0.634. The molecule has 0 saturated heterocycles. The SMILES string of the molecule is NC(=O)CC(NC(=O)c1ccc(Cl)cc1)C(=O)OCC(=O)Nc1nc(-c2ccccc2)cs1. The van der Waals surface area contributed by atoms with Crippen LogP contribution in [0.15, 0.2) is 60.0 Å². The van der Waals surface area contributed by atoms with E-state index in [4.69, 9.17) is 22.1 Å². The number of anilines is 1. The molecule has 1 heterocycles. The first kappa shape index (κ1) is 23.9. The molecule has 0 aliphatic heterocycles. The molecule has 1 atom stereocenters. The van der Waals surface area contributed by atoms with Crippen molar-refractivity contribution in [3.8, 4) is 11.3 Å². The highest BCUT2D eigenvalue weighted by molar-refractivity contribution is 7.14. The van der Waals surface area contributed by atoms with Gasteiger partial charge in [-0.25, -0.2) is 9.78 Å². The van der Waals surface area contributed by atoms with E-state index in [9.17, 15) is 19.2 Å². The van der Waals surface area contributed by atoms with Crippen LogP contribution in [0.4, 0.5) is 5.13 Å². The van der Waals surface area contributed by atoms with E-state index in [2.05, 4.69) is 15.6 Å². The topological polar surface area (TPSA) is 140 Å². The van der Waals surface area contributed by atoms with Crippen molar-refractivity contribution >= 4 is 51.8 Å². The van der Waals surface area contributed by atoms with Crippen LogP contribution >= 0.6 is 22.9 Å². The first-order valence-corrected chi connectivity index (χ1v) is 10.9. The van der Waals surface area contributed by atoms with Gasteiger partial charge in [0.15, 0.2) is 11.7 Å². The van der Waals surface area contributed by atoms with Crippen LogP contribution in [0.25, 0.3) is 11.3 Å². The number of carbonyl (C=O) groups excluding carboxylic acids is 4. The fourth-order valence-corrected chi connectivity index (χ4v) is 3.56. The zero-order valence-corrected chi connectivity index (χ0v) is 18.7. The van der Waals surface area contributed by atoms with Crippen molar-refractivity contribution in [2.24, 2.45) is 5.73 Å². The molecule has 11 heteroatoms. The maximum absolute atomic E-state index is 12.4. The Kier molecular flexibility index (Phi) is 8.11. The van der Waals surface area contributed by atoms with Gasteiger partial charge in [0.25, 0.3) is 11.8 Å². The van der Waals surface area contributed by atoms with Gasteiger partial charge in [-0.2, -0.15) is 0 Å². The first-order chi connectivity index (χ1) is 15.8. The van der Waals surface area contributed by atoms with Crippen LogP contribution in [-0.2, 0) is 19.1 Å². The first-order valence-electron chi connectivity index (χ1n) is 9.64. The van der Waals surface area contributed by atoms with Gasteiger partial charge >= 0.3 is 5.97 Å². The molecule has 2 aromatic carbocycles. The number of hydrogen-bond donors (Lipinski definition) is 3.